The molecule has 1 unspecified atom stereocenters. The average molecular weight is 418 g/mol. The van der Waals surface area contributed by atoms with Gasteiger partial charge in [0.05, 0.1) is 10.9 Å². The highest BCUT2D eigenvalue weighted by molar-refractivity contribution is 6.76. The lowest BCUT2D eigenvalue weighted by Gasteiger charge is -2.55. The molecule has 0 saturated carbocycles. The summed E-state index contributed by atoms with van der Waals surface area (Å²) in [5.74, 6) is 0.896. The Morgan fingerprint density at radius 2 is 2.10 bits per heavy atom. The molecule has 2 aromatic heterocycles. The number of amides is 1. The zero-order valence-corrected chi connectivity index (χ0v) is 18.6. The van der Waals surface area contributed by atoms with E-state index >= 15 is 0 Å². The maximum atomic E-state index is 11.6. The van der Waals surface area contributed by atoms with Crippen LogP contribution in [0.1, 0.15) is 19.3 Å². The Balaban J connectivity index is 1.50. The van der Waals surface area contributed by atoms with Crippen molar-refractivity contribution in [1.29, 1.82) is 0 Å². The second kappa shape index (κ2) is 7.60. The van der Waals surface area contributed by atoms with Crippen molar-refractivity contribution in [3.05, 3.63) is 18.6 Å². The van der Waals surface area contributed by atoms with Crippen molar-refractivity contribution < 1.29 is 14.6 Å². The minimum Gasteiger partial charge on any atom is -0.465 e. The van der Waals surface area contributed by atoms with Crippen LogP contribution in [0.5, 0.6) is 0 Å². The summed E-state index contributed by atoms with van der Waals surface area (Å²) in [4.78, 5) is 24.5. The van der Waals surface area contributed by atoms with E-state index in [4.69, 9.17) is 4.74 Å². The standard InChI is InChI=1S/C20H31N5O3Si/c1-29(2,3)12-11-28-15-24-9-5-16-17(21-14-22-18(16)24)23-8-4-6-20(13-23)7-10-25(20)19(26)27/h5,9,14H,4,6-8,10-13,15H2,1-3H3,(H,26,27). The molecule has 1 atom stereocenters. The van der Waals surface area contributed by atoms with Crippen LogP contribution in [0.4, 0.5) is 10.6 Å². The van der Waals surface area contributed by atoms with Gasteiger partial charge in [-0.2, -0.15) is 0 Å². The largest absolute Gasteiger partial charge is 0.465 e. The molecule has 8 nitrogen and oxygen atoms in total. The quantitative estimate of drug-likeness (QED) is 0.572. The predicted octanol–water partition coefficient (Wildman–Crippen LogP) is 3.47. The summed E-state index contributed by atoms with van der Waals surface area (Å²) in [6, 6.07) is 3.19. The van der Waals surface area contributed by atoms with Crippen LogP contribution in [0.3, 0.4) is 0 Å². The smallest absolute Gasteiger partial charge is 0.407 e. The number of likely N-dealkylation sites (tertiary alicyclic amines) is 1. The van der Waals surface area contributed by atoms with Crippen LogP contribution in [0.2, 0.25) is 25.7 Å². The summed E-state index contributed by atoms with van der Waals surface area (Å²) in [6.45, 7) is 10.5. The van der Waals surface area contributed by atoms with E-state index in [2.05, 4.69) is 34.5 Å². The van der Waals surface area contributed by atoms with Crippen molar-refractivity contribution in [3.8, 4) is 0 Å². The van der Waals surface area contributed by atoms with Crippen LogP contribution in [-0.4, -0.2) is 70.5 Å². The second-order valence-corrected chi connectivity index (χ2v) is 15.1. The first-order valence-corrected chi connectivity index (χ1v) is 14.1. The summed E-state index contributed by atoms with van der Waals surface area (Å²) in [5.41, 5.74) is 0.607. The third-order valence-electron chi connectivity index (χ3n) is 6.22. The second-order valence-electron chi connectivity index (χ2n) is 9.50. The summed E-state index contributed by atoms with van der Waals surface area (Å²) >= 11 is 0. The van der Waals surface area contributed by atoms with Gasteiger partial charge in [0, 0.05) is 40.5 Å². The Hall–Kier alpha value is -2.13. The van der Waals surface area contributed by atoms with Crippen molar-refractivity contribution in [2.24, 2.45) is 0 Å². The number of aromatic nitrogens is 3. The lowest BCUT2D eigenvalue weighted by atomic mass is 9.78. The molecular weight excluding hydrogens is 386 g/mol. The number of rotatable bonds is 6. The monoisotopic (exact) mass is 417 g/mol. The lowest BCUT2D eigenvalue weighted by molar-refractivity contribution is -0.00901. The van der Waals surface area contributed by atoms with Crippen LogP contribution in [0.15, 0.2) is 18.6 Å². The van der Waals surface area contributed by atoms with Gasteiger partial charge in [0.2, 0.25) is 0 Å². The highest BCUT2D eigenvalue weighted by Crippen LogP contribution is 2.40. The molecule has 29 heavy (non-hydrogen) atoms. The van der Waals surface area contributed by atoms with Crippen LogP contribution in [0, 0.1) is 0 Å². The third-order valence-corrected chi connectivity index (χ3v) is 7.93. The van der Waals surface area contributed by atoms with Crippen LogP contribution in [-0.2, 0) is 11.5 Å². The first-order chi connectivity index (χ1) is 13.8. The van der Waals surface area contributed by atoms with Crippen LogP contribution < -0.4 is 4.90 Å². The van der Waals surface area contributed by atoms with Gasteiger partial charge in [-0.05, 0) is 31.4 Å². The Bertz CT molecular complexity index is 896. The van der Waals surface area contributed by atoms with Gasteiger partial charge in [-0.3, -0.25) is 0 Å². The van der Waals surface area contributed by atoms with Crippen LogP contribution in [0.25, 0.3) is 11.0 Å². The van der Waals surface area contributed by atoms with E-state index in [1.807, 2.05) is 16.8 Å². The molecule has 2 aliphatic rings. The van der Waals surface area contributed by atoms with Gasteiger partial charge in [0.15, 0.2) is 0 Å². The third kappa shape index (κ3) is 3.98. The van der Waals surface area contributed by atoms with E-state index in [-0.39, 0.29) is 5.54 Å². The van der Waals surface area contributed by atoms with Gasteiger partial charge in [-0.25, -0.2) is 14.8 Å². The van der Waals surface area contributed by atoms with E-state index in [1.54, 1.807) is 11.2 Å². The maximum Gasteiger partial charge on any atom is 0.407 e. The lowest BCUT2D eigenvalue weighted by Crippen LogP contribution is -2.68. The molecule has 2 saturated heterocycles. The van der Waals surface area contributed by atoms with E-state index in [1.165, 1.54) is 0 Å². The molecule has 4 heterocycles. The number of fused-ring (bicyclic) bond motifs is 1. The van der Waals surface area contributed by atoms with Gasteiger partial charge < -0.3 is 24.2 Å². The number of carboxylic acid groups (broad SMARTS) is 1. The van der Waals surface area contributed by atoms with Gasteiger partial charge in [-0.1, -0.05) is 19.6 Å². The normalized spacial score (nSPS) is 22.3. The molecule has 1 N–H and O–H groups in total. The molecule has 2 aliphatic heterocycles. The average Bonchev–Trinajstić information content (AvgIpc) is 3.06. The molecule has 0 aliphatic carbocycles. The number of hydrogen-bond acceptors (Lipinski definition) is 5. The summed E-state index contributed by atoms with van der Waals surface area (Å²) in [7, 11) is -1.10. The summed E-state index contributed by atoms with van der Waals surface area (Å²) < 4.78 is 7.92. The highest BCUT2D eigenvalue weighted by Gasteiger charge is 2.50. The minimum absolute atomic E-state index is 0.260. The van der Waals surface area contributed by atoms with E-state index in [0.717, 1.165) is 55.3 Å². The number of hydrogen-bond donors (Lipinski definition) is 1. The number of ether oxygens (including phenoxy) is 1. The number of nitrogens with zero attached hydrogens (tertiary/aromatic N) is 5. The van der Waals surface area contributed by atoms with Crippen molar-refractivity contribution in [2.45, 2.75) is 57.2 Å². The molecule has 158 valence electrons. The SMILES string of the molecule is C[Si](C)(C)CCOCn1ccc2c(N3CCCC4(CCN4C(=O)O)C3)ncnc21. The van der Waals surface area contributed by atoms with Gasteiger partial charge in [0.25, 0.3) is 0 Å². The Kier molecular flexibility index (Phi) is 5.28. The molecular formula is C20H31N5O3Si. The number of anilines is 1. The fraction of sp³-hybridized carbons (Fsp3) is 0.650. The Labute approximate surface area is 172 Å². The number of carbonyl (C=O) groups is 1. The molecule has 2 fully saturated rings. The summed E-state index contributed by atoms with van der Waals surface area (Å²) in [6.07, 6.45) is 5.62. The molecule has 0 bridgehead atoms. The Morgan fingerprint density at radius 3 is 2.79 bits per heavy atom. The predicted molar refractivity (Wildman–Crippen MR) is 115 cm³/mol. The zero-order chi connectivity index (χ0) is 20.6. The topological polar surface area (TPSA) is 83.7 Å². The van der Waals surface area contributed by atoms with E-state index in [9.17, 15) is 9.90 Å². The van der Waals surface area contributed by atoms with Crippen molar-refractivity contribution >= 4 is 31.0 Å². The molecule has 2 aromatic rings. The molecule has 0 aromatic carbocycles. The molecule has 1 amide bonds. The van der Waals surface area contributed by atoms with Crippen molar-refractivity contribution in [1.82, 2.24) is 19.4 Å². The molecule has 0 radical (unpaired) electrons. The fourth-order valence-corrected chi connectivity index (χ4v) is 5.20. The van der Waals surface area contributed by atoms with Gasteiger partial charge >= 0.3 is 6.09 Å². The maximum absolute atomic E-state index is 11.6. The van der Waals surface area contributed by atoms with Crippen LogP contribution >= 0.6 is 0 Å². The zero-order valence-electron chi connectivity index (χ0n) is 17.6. The minimum atomic E-state index is -1.10. The molecule has 1 spiro atoms. The van der Waals surface area contributed by atoms with E-state index < -0.39 is 14.2 Å². The van der Waals surface area contributed by atoms with Crippen molar-refractivity contribution in [3.63, 3.8) is 0 Å². The van der Waals surface area contributed by atoms with E-state index in [0.29, 0.717) is 19.8 Å². The Morgan fingerprint density at radius 1 is 1.28 bits per heavy atom. The van der Waals surface area contributed by atoms with Gasteiger partial charge in [0.1, 0.15) is 24.5 Å². The molecule has 4 rings (SSSR count). The van der Waals surface area contributed by atoms with Crippen molar-refractivity contribution in [2.75, 3.05) is 31.1 Å². The first-order valence-electron chi connectivity index (χ1n) is 10.4. The fourth-order valence-electron chi connectivity index (χ4n) is 4.44. The van der Waals surface area contributed by atoms with Gasteiger partial charge in [-0.15, -0.1) is 0 Å². The number of piperidine rings is 1. The highest BCUT2D eigenvalue weighted by atomic mass is 28.3. The first kappa shape index (κ1) is 20.2. The molecule has 9 heteroatoms. The summed E-state index contributed by atoms with van der Waals surface area (Å²) in [5, 5.41) is 10.5.